The lowest BCUT2D eigenvalue weighted by molar-refractivity contribution is -0.134. The number of urea groups is 2. The molecule has 146 valence electrons. The Hall–Kier alpha value is -2.64. The van der Waals surface area contributed by atoms with Crippen molar-refractivity contribution in [3.05, 3.63) is 29.6 Å². The number of nitrogens with zero attached hydrogens (tertiary/aromatic N) is 4. The molecule has 8 heteroatoms. The number of rotatable bonds is 3. The van der Waals surface area contributed by atoms with Gasteiger partial charge in [-0.2, -0.15) is 0 Å². The highest BCUT2D eigenvalue weighted by molar-refractivity contribution is 6.06. The van der Waals surface area contributed by atoms with E-state index in [4.69, 9.17) is 0 Å². The fraction of sp³-hybridized carbons (Fsp3) is 0.579. The van der Waals surface area contributed by atoms with Crippen LogP contribution in [0, 0.1) is 6.92 Å². The molecule has 2 aliphatic rings. The lowest BCUT2D eigenvalue weighted by atomic mass is 9.86. The van der Waals surface area contributed by atoms with E-state index in [1.165, 1.54) is 16.8 Å². The number of hydrogen-bond acceptors (Lipinski definition) is 4. The zero-order valence-corrected chi connectivity index (χ0v) is 16.4. The molecule has 0 aromatic carbocycles. The van der Waals surface area contributed by atoms with Crippen LogP contribution in [0.1, 0.15) is 43.5 Å². The van der Waals surface area contributed by atoms with E-state index in [1.807, 2.05) is 26.0 Å². The van der Waals surface area contributed by atoms with Crippen LogP contribution in [0.2, 0.25) is 0 Å². The van der Waals surface area contributed by atoms with Crippen LogP contribution < -0.4 is 5.32 Å². The van der Waals surface area contributed by atoms with Crippen LogP contribution in [-0.2, 0) is 4.79 Å². The summed E-state index contributed by atoms with van der Waals surface area (Å²) in [7, 11) is 3.17. The summed E-state index contributed by atoms with van der Waals surface area (Å²) in [5.74, 6) is -0.176. The Morgan fingerprint density at radius 3 is 2.48 bits per heavy atom. The van der Waals surface area contributed by atoms with Gasteiger partial charge in [0, 0.05) is 33.4 Å². The van der Waals surface area contributed by atoms with E-state index in [0.717, 1.165) is 17.7 Å². The molecule has 1 aromatic heterocycles. The molecular formula is C19H27N5O3. The van der Waals surface area contributed by atoms with E-state index < -0.39 is 5.54 Å². The highest BCUT2D eigenvalue weighted by atomic mass is 16.2. The Labute approximate surface area is 159 Å². The van der Waals surface area contributed by atoms with Gasteiger partial charge in [0.15, 0.2) is 0 Å². The van der Waals surface area contributed by atoms with Gasteiger partial charge in [0.25, 0.3) is 5.91 Å². The minimum absolute atomic E-state index is 0.156. The van der Waals surface area contributed by atoms with Crippen LogP contribution in [0.4, 0.5) is 9.59 Å². The number of imide groups is 1. The average Bonchev–Trinajstić information content (AvgIpc) is 2.82. The van der Waals surface area contributed by atoms with Gasteiger partial charge in [-0.05, 0) is 43.9 Å². The van der Waals surface area contributed by atoms with E-state index in [0.29, 0.717) is 25.9 Å². The molecule has 1 atom stereocenters. The molecule has 27 heavy (non-hydrogen) atoms. The SMILES string of the molecule is CC[C@H](NC(=O)N1CCC2(CC1)C(=O)N(C)C(=O)N2C)c1cc(C)ccn1. The Bertz CT molecular complexity index is 757. The third-order valence-electron chi connectivity index (χ3n) is 5.80. The normalized spacial score (nSPS) is 20.4. The van der Waals surface area contributed by atoms with E-state index in [9.17, 15) is 14.4 Å². The predicted octanol–water partition coefficient (Wildman–Crippen LogP) is 1.91. The van der Waals surface area contributed by atoms with Gasteiger partial charge in [0.05, 0.1) is 11.7 Å². The second kappa shape index (κ2) is 7.17. The number of carbonyl (C=O) groups is 3. The maximum absolute atomic E-state index is 12.7. The molecule has 0 unspecified atom stereocenters. The summed E-state index contributed by atoms with van der Waals surface area (Å²) in [5.41, 5.74) is 1.13. The van der Waals surface area contributed by atoms with Gasteiger partial charge < -0.3 is 15.1 Å². The standard InChI is InChI=1S/C19H27N5O3/c1-5-14(15-12-13(2)6-9-20-15)21-17(26)24-10-7-19(8-11-24)16(25)22(3)18(27)23(19)4/h6,9,12,14H,5,7-8,10-11H2,1-4H3,(H,21,26)/t14-/m0/s1. The number of amides is 5. The Morgan fingerprint density at radius 1 is 1.30 bits per heavy atom. The van der Waals surface area contributed by atoms with Gasteiger partial charge in [0.1, 0.15) is 5.54 Å². The topological polar surface area (TPSA) is 85.8 Å². The predicted molar refractivity (Wildman–Crippen MR) is 100 cm³/mol. The molecule has 0 radical (unpaired) electrons. The van der Waals surface area contributed by atoms with Crippen molar-refractivity contribution in [2.45, 2.75) is 44.7 Å². The van der Waals surface area contributed by atoms with Crippen molar-refractivity contribution in [1.29, 1.82) is 0 Å². The molecule has 2 fully saturated rings. The van der Waals surface area contributed by atoms with E-state index in [2.05, 4.69) is 10.3 Å². The third-order valence-corrected chi connectivity index (χ3v) is 5.80. The van der Waals surface area contributed by atoms with Crippen molar-refractivity contribution in [2.24, 2.45) is 0 Å². The van der Waals surface area contributed by atoms with Gasteiger partial charge in [0.2, 0.25) is 0 Å². The van der Waals surface area contributed by atoms with Crippen LogP contribution in [0.5, 0.6) is 0 Å². The molecule has 1 spiro atoms. The smallest absolute Gasteiger partial charge is 0.327 e. The fourth-order valence-electron chi connectivity index (χ4n) is 3.96. The summed E-state index contributed by atoms with van der Waals surface area (Å²) in [6.07, 6.45) is 3.39. The maximum atomic E-state index is 12.7. The highest BCUT2D eigenvalue weighted by Crippen LogP contribution is 2.35. The molecule has 0 aliphatic carbocycles. The van der Waals surface area contributed by atoms with Crippen LogP contribution in [-0.4, -0.2) is 70.4 Å². The van der Waals surface area contributed by atoms with Crippen molar-refractivity contribution in [1.82, 2.24) is 25.0 Å². The lowest BCUT2D eigenvalue weighted by Gasteiger charge is -2.41. The molecule has 3 heterocycles. The summed E-state index contributed by atoms with van der Waals surface area (Å²) in [5, 5.41) is 3.05. The lowest BCUT2D eigenvalue weighted by Crippen LogP contribution is -2.57. The van der Waals surface area contributed by atoms with E-state index in [1.54, 1.807) is 18.1 Å². The number of aromatic nitrogens is 1. The van der Waals surface area contributed by atoms with Gasteiger partial charge in [-0.1, -0.05) is 6.92 Å². The molecule has 5 amide bonds. The Balaban J connectivity index is 1.65. The zero-order valence-electron chi connectivity index (χ0n) is 16.4. The first-order chi connectivity index (χ1) is 12.8. The largest absolute Gasteiger partial charge is 0.330 e. The van der Waals surface area contributed by atoms with Crippen molar-refractivity contribution >= 4 is 18.0 Å². The number of carbonyl (C=O) groups excluding carboxylic acids is 3. The number of piperidine rings is 1. The number of nitrogens with one attached hydrogen (secondary N) is 1. The zero-order chi connectivity index (χ0) is 19.8. The average molecular weight is 373 g/mol. The third kappa shape index (κ3) is 3.24. The highest BCUT2D eigenvalue weighted by Gasteiger charge is 2.55. The number of likely N-dealkylation sites (N-methyl/N-ethyl adjacent to an activating group) is 2. The second-order valence-corrected chi connectivity index (χ2v) is 7.39. The summed E-state index contributed by atoms with van der Waals surface area (Å²) in [6, 6.07) is 3.31. The second-order valence-electron chi connectivity index (χ2n) is 7.39. The number of likely N-dealkylation sites (tertiary alicyclic amines) is 1. The molecule has 0 saturated carbocycles. The molecule has 2 saturated heterocycles. The summed E-state index contributed by atoms with van der Waals surface area (Å²) >= 11 is 0. The molecular weight excluding hydrogens is 346 g/mol. The molecule has 0 bridgehead atoms. The van der Waals surface area contributed by atoms with Gasteiger partial charge in [-0.15, -0.1) is 0 Å². The van der Waals surface area contributed by atoms with Gasteiger partial charge >= 0.3 is 12.1 Å². The molecule has 1 aromatic rings. The first-order valence-corrected chi connectivity index (χ1v) is 9.34. The summed E-state index contributed by atoms with van der Waals surface area (Å²) < 4.78 is 0. The maximum Gasteiger partial charge on any atom is 0.327 e. The summed E-state index contributed by atoms with van der Waals surface area (Å²) in [4.78, 5) is 46.2. The molecule has 8 nitrogen and oxygen atoms in total. The van der Waals surface area contributed by atoms with E-state index >= 15 is 0 Å². The quantitative estimate of drug-likeness (QED) is 0.820. The van der Waals surface area contributed by atoms with Crippen molar-refractivity contribution in [2.75, 3.05) is 27.2 Å². The first-order valence-electron chi connectivity index (χ1n) is 9.34. The Kier molecular flexibility index (Phi) is 5.08. The van der Waals surface area contributed by atoms with Crippen LogP contribution >= 0.6 is 0 Å². The van der Waals surface area contributed by atoms with Gasteiger partial charge in [-0.3, -0.25) is 14.7 Å². The monoisotopic (exact) mass is 373 g/mol. The first kappa shape index (κ1) is 19.1. The van der Waals surface area contributed by atoms with Crippen molar-refractivity contribution < 1.29 is 14.4 Å². The minimum Gasteiger partial charge on any atom is -0.330 e. The molecule has 3 rings (SSSR count). The minimum atomic E-state index is -0.815. The van der Waals surface area contributed by atoms with Crippen LogP contribution in [0.25, 0.3) is 0 Å². The van der Waals surface area contributed by atoms with Crippen LogP contribution in [0.15, 0.2) is 18.3 Å². The number of pyridine rings is 1. The van der Waals surface area contributed by atoms with Crippen molar-refractivity contribution in [3.8, 4) is 0 Å². The summed E-state index contributed by atoms with van der Waals surface area (Å²) in [6.45, 7) is 4.87. The molecule has 1 N–H and O–H groups in total. The number of hydrogen-bond donors (Lipinski definition) is 1. The van der Waals surface area contributed by atoms with Gasteiger partial charge in [-0.25, -0.2) is 9.59 Å². The van der Waals surface area contributed by atoms with Crippen LogP contribution in [0.3, 0.4) is 0 Å². The van der Waals surface area contributed by atoms with Crippen molar-refractivity contribution in [3.63, 3.8) is 0 Å². The molecule has 2 aliphatic heterocycles. The van der Waals surface area contributed by atoms with E-state index in [-0.39, 0.29) is 24.0 Å². The Morgan fingerprint density at radius 2 is 1.96 bits per heavy atom. The number of aryl methyl sites for hydroxylation is 1. The fourth-order valence-corrected chi connectivity index (χ4v) is 3.96.